The van der Waals surface area contributed by atoms with Gasteiger partial charge in [0, 0.05) is 25.0 Å². The van der Waals surface area contributed by atoms with Crippen molar-refractivity contribution in [2.45, 2.75) is 46.1 Å². The summed E-state index contributed by atoms with van der Waals surface area (Å²) < 4.78 is 0. The van der Waals surface area contributed by atoms with Crippen LogP contribution in [0.1, 0.15) is 50.8 Å². The number of nitrogens with one attached hydrogen (secondary N) is 2. The van der Waals surface area contributed by atoms with Crippen molar-refractivity contribution in [3.8, 4) is 0 Å². The first-order chi connectivity index (χ1) is 10.1. The van der Waals surface area contributed by atoms with Crippen molar-refractivity contribution in [1.29, 1.82) is 0 Å². The van der Waals surface area contributed by atoms with Gasteiger partial charge in [-0.25, -0.2) is 0 Å². The molecule has 0 bridgehead atoms. The average Bonchev–Trinajstić information content (AvgIpc) is 3.28. The lowest BCUT2D eigenvalue weighted by Gasteiger charge is -2.15. The Kier molecular flexibility index (Phi) is 5.80. The predicted octanol–water partition coefficient (Wildman–Crippen LogP) is 3.06. The molecule has 1 amide bonds. The first-order valence-corrected chi connectivity index (χ1v) is 8.16. The van der Waals surface area contributed by atoms with E-state index < -0.39 is 0 Å². The van der Waals surface area contributed by atoms with Gasteiger partial charge in [0.05, 0.1) is 0 Å². The number of amides is 1. The molecule has 2 N–H and O–H groups in total. The summed E-state index contributed by atoms with van der Waals surface area (Å²) in [5.74, 6) is 1.22. The number of benzene rings is 1. The number of hydrogen-bond donors (Lipinski definition) is 2. The third kappa shape index (κ3) is 5.50. The summed E-state index contributed by atoms with van der Waals surface area (Å²) in [5.41, 5.74) is 2.70. The monoisotopic (exact) mass is 288 g/mol. The van der Waals surface area contributed by atoms with E-state index in [4.69, 9.17) is 0 Å². The number of carbonyl (C=O) groups is 1. The Morgan fingerprint density at radius 1 is 1.14 bits per heavy atom. The van der Waals surface area contributed by atoms with Crippen molar-refractivity contribution in [1.82, 2.24) is 10.6 Å². The van der Waals surface area contributed by atoms with Gasteiger partial charge in [0.1, 0.15) is 0 Å². The van der Waals surface area contributed by atoms with Crippen molar-refractivity contribution >= 4 is 5.91 Å². The topological polar surface area (TPSA) is 41.1 Å². The van der Waals surface area contributed by atoms with Gasteiger partial charge in [-0.2, -0.15) is 0 Å². The summed E-state index contributed by atoms with van der Waals surface area (Å²) in [6.45, 7) is 8.18. The third-order valence-corrected chi connectivity index (χ3v) is 3.95. The first-order valence-electron chi connectivity index (χ1n) is 8.16. The molecule has 0 heterocycles. The van der Waals surface area contributed by atoms with Crippen LogP contribution in [0.4, 0.5) is 0 Å². The maximum absolute atomic E-state index is 11.5. The number of carbonyl (C=O) groups excluding carboxylic acids is 1. The van der Waals surface area contributed by atoms with Crippen LogP contribution in [0, 0.1) is 11.8 Å². The zero-order valence-electron chi connectivity index (χ0n) is 13.5. The van der Waals surface area contributed by atoms with Crippen LogP contribution in [0.5, 0.6) is 0 Å². The van der Waals surface area contributed by atoms with E-state index in [-0.39, 0.29) is 5.91 Å². The summed E-state index contributed by atoms with van der Waals surface area (Å²) in [5, 5.41) is 6.44. The molecular formula is C18H28N2O. The van der Waals surface area contributed by atoms with Gasteiger partial charge >= 0.3 is 0 Å². The quantitative estimate of drug-likeness (QED) is 0.722. The fourth-order valence-corrected chi connectivity index (χ4v) is 2.50. The lowest BCUT2D eigenvalue weighted by atomic mass is 10.00. The second-order valence-corrected chi connectivity index (χ2v) is 6.58. The van der Waals surface area contributed by atoms with Crippen molar-refractivity contribution in [3.63, 3.8) is 0 Å². The molecule has 1 aromatic rings. The Balaban J connectivity index is 1.69. The summed E-state index contributed by atoms with van der Waals surface area (Å²) >= 11 is 0. The summed E-state index contributed by atoms with van der Waals surface area (Å²) in [6.07, 6.45) is 3.27. The molecule has 1 aliphatic carbocycles. The van der Waals surface area contributed by atoms with E-state index in [0.717, 1.165) is 25.8 Å². The van der Waals surface area contributed by atoms with E-state index >= 15 is 0 Å². The van der Waals surface area contributed by atoms with Gasteiger partial charge in [-0.15, -0.1) is 0 Å². The molecule has 21 heavy (non-hydrogen) atoms. The summed E-state index contributed by atoms with van der Waals surface area (Å²) in [4.78, 5) is 11.5. The molecule has 1 saturated carbocycles. The Morgan fingerprint density at radius 3 is 2.38 bits per heavy atom. The van der Waals surface area contributed by atoms with E-state index in [0.29, 0.717) is 24.4 Å². The van der Waals surface area contributed by atoms with Crippen LogP contribution in [0.25, 0.3) is 0 Å². The molecule has 2 rings (SSSR count). The molecule has 0 aromatic heterocycles. The fraction of sp³-hybridized carbons (Fsp3) is 0.611. The van der Waals surface area contributed by atoms with Crippen LogP contribution in [-0.2, 0) is 11.2 Å². The smallest absolute Gasteiger partial charge is 0.223 e. The molecule has 0 aliphatic heterocycles. The van der Waals surface area contributed by atoms with Crippen LogP contribution in [0.15, 0.2) is 24.3 Å². The van der Waals surface area contributed by atoms with Gasteiger partial charge in [0.15, 0.2) is 0 Å². The molecule has 3 nitrogen and oxygen atoms in total. The molecule has 1 fully saturated rings. The minimum atomic E-state index is 0.225. The number of rotatable bonds is 8. The van der Waals surface area contributed by atoms with Gasteiger partial charge in [-0.1, -0.05) is 38.1 Å². The Morgan fingerprint density at radius 2 is 1.81 bits per heavy atom. The molecule has 1 aliphatic rings. The Bertz CT molecular complexity index is 449. The lowest BCUT2D eigenvalue weighted by Crippen LogP contribution is -2.33. The minimum Gasteiger partial charge on any atom is -0.355 e. The first kappa shape index (κ1) is 16.0. The van der Waals surface area contributed by atoms with Crippen molar-refractivity contribution in [2.75, 3.05) is 13.1 Å². The molecule has 1 aromatic carbocycles. The van der Waals surface area contributed by atoms with E-state index in [1.54, 1.807) is 0 Å². The summed E-state index contributed by atoms with van der Waals surface area (Å²) in [6, 6.07) is 9.18. The second-order valence-electron chi connectivity index (χ2n) is 6.58. The van der Waals surface area contributed by atoms with Gasteiger partial charge in [-0.05, 0) is 43.2 Å². The zero-order chi connectivity index (χ0) is 15.2. The maximum Gasteiger partial charge on any atom is 0.223 e. The maximum atomic E-state index is 11.5. The standard InChI is InChI=1S/C18H28N2O/c1-13(2)12-15-4-6-16(7-5-15)14(3)19-10-11-20-18(21)17-8-9-17/h4-7,13-14,17,19H,8-12H2,1-3H3,(H,20,21). The molecule has 0 radical (unpaired) electrons. The minimum absolute atomic E-state index is 0.225. The van der Waals surface area contributed by atoms with E-state index in [1.807, 2.05) is 0 Å². The molecule has 1 unspecified atom stereocenters. The van der Waals surface area contributed by atoms with E-state index in [1.165, 1.54) is 11.1 Å². The highest BCUT2D eigenvalue weighted by atomic mass is 16.2. The normalized spacial score (nSPS) is 16.0. The highest BCUT2D eigenvalue weighted by molar-refractivity contribution is 5.80. The Labute approximate surface area is 128 Å². The largest absolute Gasteiger partial charge is 0.355 e. The molecule has 1 atom stereocenters. The van der Waals surface area contributed by atoms with Crippen LogP contribution in [0.2, 0.25) is 0 Å². The highest BCUT2D eigenvalue weighted by Crippen LogP contribution is 2.28. The SMILES string of the molecule is CC(C)Cc1ccc(C(C)NCCNC(=O)C2CC2)cc1. The lowest BCUT2D eigenvalue weighted by molar-refractivity contribution is -0.122. The van der Waals surface area contributed by atoms with Crippen molar-refractivity contribution < 1.29 is 4.79 Å². The second kappa shape index (κ2) is 7.60. The van der Waals surface area contributed by atoms with Crippen LogP contribution < -0.4 is 10.6 Å². The van der Waals surface area contributed by atoms with Gasteiger partial charge < -0.3 is 10.6 Å². The number of hydrogen-bond acceptors (Lipinski definition) is 2. The van der Waals surface area contributed by atoms with E-state index in [2.05, 4.69) is 55.7 Å². The van der Waals surface area contributed by atoms with Crippen LogP contribution >= 0.6 is 0 Å². The zero-order valence-corrected chi connectivity index (χ0v) is 13.5. The van der Waals surface area contributed by atoms with Crippen molar-refractivity contribution in [3.05, 3.63) is 35.4 Å². The van der Waals surface area contributed by atoms with Crippen LogP contribution in [0.3, 0.4) is 0 Å². The Hall–Kier alpha value is -1.35. The van der Waals surface area contributed by atoms with Gasteiger partial charge in [0.25, 0.3) is 0 Å². The predicted molar refractivity (Wildman–Crippen MR) is 87.1 cm³/mol. The summed E-state index contributed by atoms with van der Waals surface area (Å²) in [7, 11) is 0. The molecule has 0 spiro atoms. The molecule has 0 saturated heterocycles. The highest BCUT2D eigenvalue weighted by Gasteiger charge is 2.28. The van der Waals surface area contributed by atoms with Crippen LogP contribution in [-0.4, -0.2) is 19.0 Å². The average molecular weight is 288 g/mol. The fourth-order valence-electron chi connectivity index (χ4n) is 2.50. The third-order valence-electron chi connectivity index (χ3n) is 3.95. The van der Waals surface area contributed by atoms with Gasteiger partial charge in [0.2, 0.25) is 5.91 Å². The van der Waals surface area contributed by atoms with E-state index in [9.17, 15) is 4.79 Å². The van der Waals surface area contributed by atoms with Crippen molar-refractivity contribution in [2.24, 2.45) is 11.8 Å². The molecule has 116 valence electrons. The van der Waals surface area contributed by atoms with Gasteiger partial charge in [-0.3, -0.25) is 4.79 Å². The molecule has 3 heteroatoms. The molecular weight excluding hydrogens is 260 g/mol.